The third-order valence-corrected chi connectivity index (χ3v) is 4.17. The van der Waals surface area contributed by atoms with Crippen LogP contribution in [0, 0.1) is 0 Å². The van der Waals surface area contributed by atoms with E-state index in [1.807, 2.05) is 19.2 Å². The van der Waals surface area contributed by atoms with Gasteiger partial charge in [-0.1, -0.05) is 19.0 Å². The fourth-order valence-corrected chi connectivity index (χ4v) is 2.93. The predicted molar refractivity (Wildman–Crippen MR) is 69.2 cm³/mol. The highest BCUT2D eigenvalue weighted by Crippen LogP contribution is 2.27. The maximum Gasteiger partial charge on any atom is 0.345 e. The van der Waals surface area contributed by atoms with Crippen molar-refractivity contribution in [3.8, 4) is 0 Å². The van der Waals surface area contributed by atoms with Gasteiger partial charge < -0.3 is 9.63 Å². The second kappa shape index (κ2) is 5.53. The first-order valence-corrected chi connectivity index (χ1v) is 7.20. The topological polar surface area (TPSA) is 76.2 Å². The molecule has 0 unspecified atom stereocenters. The minimum Gasteiger partial charge on any atom is -0.477 e. The molecule has 2 aromatic rings. The van der Waals surface area contributed by atoms with Gasteiger partial charge in [0.25, 0.3) is 0 Å². The van der Waals surface area contributed by atoms with Crippen molar-refractivity contribution in [2.24, 2.45) is 0 Å². The zero-order valence-corrected chi connectivity index (χ0v) is 11.5. The molecule has 0 bridgehead atoms. The summed E-state index contributed by atoms with van der Waals surface area (Å²) in [6.07, 6.45) is 0. The molecular formula is C11H12N2O3S2. The average Bonchev–Trinajstić information content (AvgIpc) is 2.95. The molecule has 7 heteroatoms. The van der Waals surface area contributed by atoms with Crippen molar-refractivity contribution in [1.82, 2.24) is 10.1 Å². The Morgan fingerprint density at radius 3 is 2.94 bits per heavy atom. The minimum atomic E-state index is -0.895. The lowest BCUT2D eigenvalue weighted by atomic mass is 10.2. The fourth-order valence-electron chi connectivity index (χ4n) is 1.22. The summed E-state index contributed by atoms with van der Waals surface area (Å²) < 4.78 is 5.09. The molecule has 0 spiro atoms. The van der Waals surface area contributed by atoms with Gasteiger partial charge in [-0.2, -0.15) is 4.98 Å². The lowest BCUT2D eigenvalue weighted by molar-refractivity contribution is 0.0702. The van der Waals surface area contributed by atoms with Gasteiger partial charge in [-0.05, 0) is 6.07 Å². The number of carbonyl (C=O) groups is 1. The van der Waals surface area contributed by atoms with E-state index < -0.39 is 5.97 Å². The monoisotopic (exact) mass is 284 g/mol. The van der Waals surface area contributed by atoms with Crippen LogP contribution in [0.4, 0.5) is 0 Å². The Morgan fingerprint density at radius 2 is 2.39 bits per heavy atom. The molecule has 96 valence electrons. The molecule has 5 nitrogen and oxygen atoms in total. The summed E-state index contributed by atoms with van der Waals surface area (Å²) in [6, 6.07) is 1.65. The molecule has 18 heavy (non-hydrogen) atoms. The molecule has 0 radical (unpaired) electrons. The summed E-state index contributed by atoms with van der Waals surface area (Å²) in [5.41, 5.74) is 0. The van der Waals surface area contributed by atoms with Crippen LogP contribution < -0.4 is 0 Å². The Bertz CT molecular complexity index is 548. The number of aromatic carboxylic acids is 1. The highest BCUT2D eigenvalue weighted by Gasteiger charge is 2.11. The molecule has 1 N–H and O–H groups in total. The molecule has 2 aromatic heterocycles. The van der Waals surface area contributed by atoms with Crippen molar-refractivity contribution < 1.29 is 14.4 Å². The van der Waals surface area contributed by atoms with Crippen molar-refractivity contribution in [1.29, 1.82) is 0 Å². The number of hydrogen-bond acceptors (Lipinski definition) is 6. The Labute approximate surface area is 112 Å². The first-order valence-electron chi connectivity index (χ1n) is 5.33. The van der Waals surface area contributed by atoms with E-state index in [-0.39, 0.29) is 5.92 Å². The van der Waals surface area contributed by atoms with Gasteiger partial charge in [-0.15, -0.1) is 23.1 Å². The van der Waals surface area contributed by atoms with E-state index >= 15 is 0 Å². The third-order valence-electron chi connectivity index (χ3n) is 2.13. The van der Waals surface area contributed by atoms with E-state index in [0.29, 0.717) is 22.3 Å². The molecule has 0 saturated carbocycles. The zero-order chi connectivity index (χ0) is 13.1. The largest absolute Gasteiger partial charge is 0.477 e. The van der Waals surface area contributed by atoms with Crippen LogP contribution in [-0.2, 0) is 5.75 Å². The van der Waals surface area contributed by atoms with Gasteiger partial charge in [0.05, 0.1) is 5.75 Å². The van der Waals surface area contributed by atoms with Crippen molar-refractivity contribution in [2.75, 3.05) is 0 Å². The molecule has 2 heterocycles. The summed E-state index contributed by atoms with van der Waals surface area (Å²) in [5, 5.41) is 14.5. The fraction of sp³-hybridized carbons (Fsp3) is 0.364. The molecular weight excluding hydrogens is 272 g/mol. The van der Waals surface area contributed by atoms with E-state index in [2.05, 4.69) is 10.1 Å². The van der Waals surface area contributed by atoms with Crippen LogP contribution in [0.1, 0.15) is 41.2 Å². The number of thioether (sulfide) groups is 1. The van der Waals surface area contributed by atoms with E-state index in [4.69, 9.17) is 9.63 Å². The van der Waals surface area contributed by atoms with Gasteiger partial charge in [-0.3, -0.25) is 0 Å². The SMILES string of the molecule is CC(C)c1nc(CSc2csc(C(=O)O)c2)no1. The smallest absolute Gasteiger partial charge is 0.345 e. The van der Waals surface area contributed by atoms with Crippen LogP contribution in [0.25, 0.3) is 0 Å². The third kappa shape index (κ3) is 3.11. The summed E-state index contributed by atoms with van der Waals surface area (Å²) in [4.78, 5) is 16.2. The quantitative estimate of drug-likeness (QED) is 0.849. The van der Waals surface area contributed by atoms with Gasteiger partial charge in [0, 0.05) is 16.2 Å². The van der Waals surface area contributed by atoms with Crippen LogP contribution >= 0.6 is 23.1 Å². The number of carboxylic acid groups (broad SMARTS) is 1. The Kier molecular flexibility index (Phi) is 4.03. The van der Waals surface area contributed by atoms with Crippen molar-refractivity contribution in [3.63, 3.8) is 0 Å². The van der Waals surface area contributed by atoms with E-state index in [1.54, 1.807) is 6.07 Å². The Hall–Kier alpha value is -1.34. The zero-order valence-electron chi connectivity index (χ0n) is 9.91. The summed E-state index contributed by atoms with van der Waals surface area (Å²) in [6.45, 7) is 3.98. The maximum atomic E-state index is 10.7. The molecule has 0 saturated heterocycles. The molecule has 0 aliphatic heterocycles. The molecule has 2 rings (SSSR count). The average molecular weight is 284 g/mol. The van der Waals surface area contributed by atoms with Gasteiger partial charge in [0.15, 0.2) is 5.82 Å². The molecule has 0 fully saturated rings. The van der Waals surface area contributed by atoms with Crippen LogP contribution in [0.2, 0.25) is 0 Å². The summed E-state index contributed by atoms with van der Waals surface area (Å²) in [5.74, 6) is 1.16. The van der Waals surface area contributed by atoms with Crippen LogP contribution in [-0.4, -0.2) is 21.2 Å². The number of rotatable bonds is 5. The molecule has 0 amide bonds. The van der Waals surface area contributed by atoms with Gasteiger partial charge in [0.2, 0.25) is 5.89 Å². The van der Waals surface area contributed by atoms with Crippen molar-refractivity contribution in [3.05, 3.63) is 28.0 Å². The Balaban J connectivity index is 1.95. The number of carboxylic acids is 1. The molecule has 0 atom stereocenters. The van der Waals surface area contributed by atoms with E-state index in [9.17, 15) is 4.79 Å². The first kappa shape index (κ1) is 13.1. The highest BCUT2D eigenvalue weighted by molar-refractivity contribution is 7.98. The van der Waals surface area contributed by atoms with Crippen molar-refractivity contribution in [2.45, 2.75) is 30.4 Å². The normalized spacial score (nSPS) is 11.1. The summed E-state index contributed by atoms with van der Waals surface area (Å²) in [7, 11) is 0. The standard InChI is InChI=1S/C11H12N2O3S2/c1-6(2)10-12-9(13-16-10)5-17-7-3-8(11(14)15)18-4-7/h3-4,6H,5H2,1-2H3,(H,14,15). The van der Waals surface area contributed by atoms with Crippen LogP contribution in [0.5, 0.6) is 0 Å². The van der Waals surface area contributed by atoms with Gasteiger partial charge in [-0.25, -0.2) is 4.79 Å². The minimum absolute atomic E-state index is 0.219. The predicted octanol–water partition coefficient (Wildman–Crippen LogP) is 3.25. The van der Waals surface area contributed by atoms with E-state index in [1.165, 1.54) is 23.1 Å². The van der Waals surface area contributed by atoms with Gasteiger partial charge in [0.1, 0.15) is 4.88 Å². The number of thiophene rings is 1. The van der Waals surface area contributed by atoms with Gasteiger partial charge >= 0.3 is 5.97 Å². The second-order valence-corrected chi connectivity index (χ2v) is 5.90. The number of aromatic nitrogens is 2. The lowest BCUT2D eigenvalue weighted by Crippen LogP contribution is -1.90. The molecule has 0 aliphatic carbocycles. The first-order chi connectivity index (χ1) is 8.56. The molecule has 0 aromatic carbocycles. The second-order valence-electron chi connectivity index (χ2n) is 3.94. The summed E-state index contributed by atoms with van der Waals surface area (Å²) >= 11 is 2.72. The maximum absolute atomic E-state index is 10.7. The van der Waals surface area contributed by atoms with Crippen LogP contribution in [0.3, 0.4) is 0 Å². The number of hydrogen-bond donors (Lipinski definition) is 1. The molecule has 0 aliphatic rings. The number of nitrogens with zero attached hydrogens (tertiary/aromatic N) is 2. The van der Waals surface area contributed by atoms with E-state index in [0.717, 1.165) is 4.90 Å². The lowest BCUT2D eigenvalue weighted by Gasteiger charge is -1.93. The van der Waals surface area contributed by atoms with Crippen molar-refractivity contribution >= 4 is 29.1 Å². The Morgan fingerprint density at radius 1 is 1.61 bits per heavy atom. The van der Waals surface area contributed by atoms with Crippen LogP contribution in [0.15, 0.2) is 20.9 Å². The highest BCUT2D eigenvalue weighted by atomic mass is 32.2.